The summed E-state index contributed by atoms with van der Waals surface area (Å²) >= 11 is 6.79. The first-order valence-electron chi connectivity index (χ1n) is 2.44. The highest BCUT2D eigenvalue weighted by Crippen LogP contribution is 2.16. The van der Waals surface area contributed by atoms with E-state index >= 15 is 0 Å². The zero-order chi connectivity index (χ0) is 6.69. The van der Waals surface area contributed by atoms with Crippen molar-refractivity contribution >= 4 is 23.4 Å². The van der Waals surface area contributed by atoms with Gasteiger partial charge in [0.05, 0.1) is 10.9 Å². The highest BCUT2D eigenvalue weighted by molar-refractivity contribution is 8.00. The van der Waals surface area contributed by atoms with Gasteiger partial charge in [0.25, 0.3) is 5.22 Å². The number of alkyl halides is 1. The molecule has 0 saturated carbocycles. The minimum absolute atomic E-state index is 0.486. The first-order valence-corrected chi connectivity index (χ1v) is 3.96. The van der Waals surface area contributed by atoms with Crippen molar-refractivity contribution < 1.29 is 4.42 Å². The van der Waals surface area contributed by atoms with Crippen LogP contribution < -0.4 is 0 Å². The lowest BCUT2D eigenvalue weighted by atomic mass is 10.6. The van der Waals surface area contributed by atoms with Crippen molar-refractivity contribution in [2.24, 2.45) is 0 Å². The van der Waals surface area contributed by atoms with Crippen LogP contribution in [0.2, 0.25) is 0 Å². The Balaban J connectivity index is 2.61. The molecule has 0 atom stereocenters. The standard InChI is InChI=1S/C5H6ClNOS/c1-4-2-8-5(7-4)9-3-6/h2H,3H2,1H3. The molecule has 0 aliphatic heterocycles. The molecule has 0 aliphatic carbocycles. The van der Waals surface area contributed by atoms with Gasteiger partial charge in [-0.15, -0.1) is 11.6 Å². The Labute approximate surface area is 62.6 Å². The summed E-state index contributed by atoms with van der Waals surface area (Å²) in [7, 11) is 0. The van der Waals surface area contributed by atoms with Gasteiger partial charge in [-0.1, -0.05) is 11.8 Å². The number of rotatable bonds is 2. The van der Waals surface area contributed by atoms with Crippen LogP contribution in [0.4, 0.5) is 0 Å². The molecule has 0 N–H and O–H groups in total. The second-order valence-corrected chi connectivity index (χ2v) is 3.02. The van der Waals surface area contributed by atoms with Crippen LogP contribution in [0.15, 0.2) is 15.9 Å². The van der Waals surface area contributed by atoms with Crippen molar-refractivity contribution in [2.45, 2.75) is 12.1 Å². The third-order valence-corrected chi connectivity index (χ3v) is 1.65. The zero-order valence-corrected chi connectivity index (χ0v) is 6.50. The number of hydrogen-bond donors (Lipinski definition) is 0. The lowest BCUT2D eigenvalue weighted by Crippen LogP contribution is -1.70. The molecule has 1 aromatic heterocycles. The molecule has 1 heterocycles. The van der Waals surface area contributed by atoms with Crippen LogP contribution in [0.1, 0.15) is 5.69 Å². The molecule has 0 spiro atoms. The number of aromatic nitrogens is 1. The summed E-state index contributed by atoms with van der Waals surface area (Å²) in [5.41, 5.74) is 0.891. The molecule has 0 aliphatic rings. The summed E-state index contributed by atoms with van der Waals surface area (Å²) in [5, 5.41) is 1.13. The summed E-state index contributed by atoms with van der Waals surface area (Å²) in [6.45, 7) is 1.88. The quantitative estimate of drug-likeness (QED) is 0.494. The Morgan fingerprint density at radius 3 is 3.11 bits per heavy atom. The number of aryl methyl sites for hydroxylation is 1. The first kappa shape index (κ1) is 6.96. The minimum atomic E-state index is 0.486. The first-order chi connectivity index (χ1) is 4.33. The molecule has 0 amide bonds. The second-order valence-electron chi connectivity index (χ2n) is 1.51. The normalized spacial score (nSPS) is 10.0. The molecule has 0 unspecified atom stereocenters. The van der Waals surface area contributed by atoms with Gasteiger partial charge < -0.3 is 4.42 Å². The van der Waals surface area contributed by atoms with E-state index in [-0.39, 0.29) is 0 Å². The van der Waals surface area contributed by atoms with Crippen molar-refractivity contribution in [1.29, 1.82) is 0 Å². The van der Waals surface area contributed by atoms with Crippen LogP contribution in [-0.4, -0.2) is 10.2 Å². The summed E-state index contributed by atoms with van der Waals surface area (Å²) in [5.74, 6) is 0. The van der Waals surface area contributed by atoms with Crippen molar-refractivity contribution in [2.75, 3.05) is 5.21 Å². The lowest BCUT2D eigenvalue weighted by molar-refractivity contribution is 0.454. The Bertz CT molecular complexity index is 189. The van der Waals surface area contributed by atoms with E-state index in [1.54, 1.807) is 6.26 Å². The molecule has 0 bridgehead atoms. The molecule has 1 rings (SSSR count). The summed E-state index contributed by atoms with van der Waals surface area (Å²) in [4.78, 5) is 4.01. The molecule has 2 nitrogen and oxygen atoms in total. The predicted octanol–water partition coefficient (Wildman–Crippen LogP) is 2.27. The fraction of sp³-hybridized carbons (Fsp3) is 0.400. The van der Waals surface area contributed by atoms with Crippen LogP contribution in [0.25, 0.3) is 0 Å². The van der Waals surface area contributed by atoms with Gasteiger partial charge >= 0.3 is 0 Å². The summed E-state index contributed by atoms with van der Waals surface area (Å²) < 4.78 is 4.97. The van der Waals surface area contributed by atoms with Gasteiger partial charge in [0.1, 0.15) is 6.26 Å². The Morgan fingerprint density at radius 2 is 2.67 bits per heavy atom. The van der Waals surface area contributed by atoms with Gasteiger partial charge in [0, 0.05) is 0 Å². The second kappa shape index (κ2) is 3.13. The highest BCUT2D eigenvalue weighted by atomic mass is 35.5. The topological polar surface area (TPSA) is 26.0 Å². The Hall–Kier alpha value is -0.150. The Morgan fingerprint density at radius 1 is 1.89 bits per heavy atom. The van der Waals surface area contributed by atoms with Crippen LogP contribution in [0.3, 0.4) is 0 Å². The van der Waals surface area contributed by atoms with Crippen LogP contribution >= 0.6 is 23.4 Å². The van der Waals surface area contributed by atoms with Gasteiger partial charge in [-0.05, 0) is 6.92 Å². The number of nitrogens with zero attached hydrogens (tertiary/aromatic N) is 1. The number of oxazole rings is 1. The maximum Gasteiger partial charge on any atom is 0.256 e. The third kappa shape index (κ3) is 1.91. The van der Waals surface area contributed by atoms with E-state index in [4.69, 9.17) is 16.0 Å². The minimum Gasteiger partial charge on any atom is -0.440 e. The number of thioether (sulfide) groups is 1. The Kier molecular flexibility index (Phi) is 2.42. The summed E-state index contributed by atoms with van der Waals surface area (Å²) in [6.07, 6.45) is 1.61. The molecule has 0 saturated heterocycles. The van der Waals surface area contributed by atoms with E-state index in [9.17, 15) is 0 Å². The van der Waals surface area contributed by atoms with Gasteiger partial charge in [0.15, 0.2) is 0 Å². The molecule has 0 fully saturated rings. The van der Waals surface area contributed by atoms with E-state index in [2.05, 4.69) is 4.98 Å². The van der Waals surface area contributed by atoms with Crippen LogP contribution in [-0.2, 0) is 0 Å². The van der Waals surface area contributed by atoms with E-state index in [0.29, 0.717) is 10.4 Å². The predicted molar refractivity (Wildman–Crippen MR) is 37.8 cm³/mol. The van der Waals surface area contributed by atoms with Crippen molar-refractivity contribution in [3.05, 3.63) is 12.0 Å². The molecule has 1 aromatic rings. The lowest BCUT2D eigenvalue weighted by Gasteiger charge is -1.82. The monoisotopic (exact) mass is 163 g/mol. The molecule has 4 heteroatoms. The zero-order valence-electron chi connectivity index (χ0n) is 4.93. The van der Waals surface area contributed by atoms with Crippen molar-refractivity contribution in [3.63, 3.8) is 0 Å². The van der Waals surface area contributed by atoms with E-state index in [1.807, 2.05) is 6.92 Å². The fourth-order valence-corrected chi connectivity index (χ4v) is 1.14. The maximum absolute atomic E-state index is 5.41. The van der Waals surface area contributed by atoms with Gasteiger partial charge in [-0.2, -0.15) is 0 Å². The average Bonchev–Trinajstić information content (AvgIpc) is 2.17. The average molecular weight is 164 g/mol. The van der Waals surface area contributed by atoms with Gasteiger partial charge in [0.2, 0.25) is 0 Å². The molecule has 50 valence electrons. The van der Waals surface area contributed by atoms with Gasteiger partial charge in [-0.25, -0.2) is 4.98 Å². The van der Waals surface area contributed by atoms with E-state index < -0.39 is 0 Å². The number of hydrogen-bond acceptors (Lipinski definition) is 3. The molecule has 0 aromatic carbocycles. The largest absolute Gasteiger partial charge is 0.440 e. The molecular weight excluding hydrogens is 158 g/mol. The SMILES string of the molecule is Cc1coc(SCCl)n1. The maximum atomic E-state index is 5.41. The van der Waals surface area contributed by atoms with Crippen LogP contribution in [0, 0.1) is 6.92 Å². The fourth-order valence-electron chi connectivity index (χ4n) is 0.445. The van der Waals surface area contributed by atoms with Gasteiger partial charge in [-0.3, -0.25) is 0 Å². The number of halogens is 1. The van der Waals surface area contributed by atoms with Crippen molar-refractivity contribution in [1.82, 2.24) is 4.98 Å². The molecule has 9 heavy (non-hydrogen) atoms. The third-order valence-electron chi connectivity index (χ3n) is 0.776. The van der Waals surface area contributed by atoms with E-state index in [1.165, 1.54) is 11.8 Å². The van der Waals surface area contributed by atoms with Crippen molar-refractivity contribution in [3.8, 4) is 0 Å². The van der Waals surface area contributed by atoms with Crippen LogP contribution in [0.5, 0.6) is 0 Å². The van der Waals surface area contributed by atoms with E-state index in [0.717, 1.165) is 5.69 Å². The summed E-state index contributed by atoms with van der Waals surface area (Å²) in [6, 6.07) is 0. The molecular formula is C5H6ClNOS. The molecule has 0 radical (unpaired) electrons. The smallest absolute Gasteiger partial charge is 0.256 e. The highest BCUT2D eigenvalue weighted by Gasteiger charge is 1.97.